The molecule has 0 amide bonds. The average molecular weight is 269 g/mol. The van der Waals surface area contributed by atoms with Gasteiger partial charge in [0.2, 0.25) is 5.95 Å². The number of rotatable bonds is 5. The predicted molar refractivity (Wildman–Crippen MR) is 79.5 cm³/mol. The number of nitrogens with one attached hydrogen (secondary N) is 2. The minimum Gasteiger partial charge on any atom is -0.367 e. The standard InChI is InChI=1S/C15H19N5/c1-2-6-13(5-1)19-14-7-9-17-15(20-14)18-11-12-4-3-8-16-10-12/h3-4,7-10,13H,1-2,5-6,11H2,(H2,17,18,19,20). The largest absolute Gasteiger partial charge is 0.367 e. The molecule has 1 aliphatic carbocycles. The average Bonchev–Trinajstić information content (AvgIpc) is 3.00. The lowest BCUT2D eigenvalue weighted by Crippen LogP contribution is -2.16. The van der Waals surface area contributed by atoms with E-state index in [-0.39, 0.29) is 0 Å². The fraction of sp³-hybridized carbons (Fsp3) is 0.400. The van der Waals surface area contributed by atoms with Gasteiger partial charge in [0.1, 0.15) is 5.82 Å². The molecule has 1 fully saturated rings. The first kappa shape index (κ1) is 12.8. The van der Waals surface area contributed by atoms with E-state index in [2.05, 4.69) is 25.6 Å². The topological polar surface area (TPSA) is 62.7 Å². The summed E-state index contributed by atoms with van der Waals surface area (Å²) in [4.78, 5) is 12.8. The van der Waals surface area contributed by atoms with Gasteiger partial charge in [-0.2, -0.15) is 4.98 Å². The molecule has 1 aliphatic rings. The number of aromatic nitrogens is 3. The van der Waals surface area contributed by atoms with E-state index in [0.29, 0.717) is 18.5 Å². The van der Waals surface area contributed by atoms with Gasteiger partial charge in [0.15, 0.2) is 0 Å². The Kier molecular flexibility index (Phi) is 4.06. The molecule has 0 bridgehead atoms. The van der Waals surface area contributed by atoms with Gasteiger partial charge >= 0.3 is 0 Å². The van der Waals surface area contributed by atoms with Crippen LogP contribution in [0.25, 0.3) is 0 Å². The Morgan fingerprint density at radius 2 is 2.05 bits per heavy atom. The highest BCUT2D eigenvalue weighted by Crippen LogP contribution is 2.21. The van der Waals surface area contributed by atoms with Crippen molar-refractivity contribution in [2.24, 2.45) is 0 Å². The zero-order valence-corrected chi connectivity index (χ0v) is 11.4. The molecular weight excluding hydrogens is 250 g/mol. The first-order valence-electron chi connectivity index (χ1n) is 7.12. The van der Waals surface area contributed by atoms with Gasteiger partial charge < -0.3 is 10.6 Å². The van der Waals surface area contributed by atoms with Crippen LogP contribution in [0, 0.1) is 0 Å². The molecule has 0 unspecified atom stereocenters. The van der Waals surface area contributed by atoms with Crippen LogP contribution < -0.4 is 10.6 Å². The third-order valence-electron chi connectivity index (χ3n) is 3.54. The second kappa shape index (κ2) is 6.32. The van der Waals surface area contributed by atoms with Gasteiger partial charge in [-0.05, 0) is 30.5 Å². The van der Waals surface area contributed by atoms with Crippen molar-refractivity contribution in [3.8, 4) is 0 Å². The van der Waals surface area contributed by atoms with Gasteiger partial charge in [0.05, 0.1) is 0 Å². The molecule has 2 heterocycles. The first-order valence-corrected chi connectivity index (χ1v) is 7.12. The van der Waals surface area contributed by atoms with Crippen molar-refractivity contribution in [3.63, 3.8) is 0 Å². The van der Waals surface area contributed by atoms with Crippen LogP contribution in [0.1, 0.15) is 31.2 Å². The van der Waals surface area contributed by atoms with Gasteiger partial charge in [0.25, 0.3) is 0 Å². The van der Waals surface area contributed by atoms with Crippen LogP contribution in [0.3, 0.4) is 0 Å². The number of nitrogens with zero attached hydrogens (tertiary/aromatic N) is 3. The molecule has 0 aromatic carbocycles. The third-order valence-corrected chi connectivity index (χ3v) is 3.54. The summed E-state index contributed by atoms with van der Waals surface area (Å²) in [6, 6.07) is 6.44. The number of hydrogen-bond acceptors (Lipinski definition) is 5. The quantitative estimate of drug-likeness (QED) is 0.874. The molecule has 0 saturated heterocycles. The van der Waals surface area contributed by atoms with Crippen molar-refractivity contribution in [2.45, 2.75) is 38.3 Å². The summed E-state index contributed by atoms with van der Waals surface area (Å²) in [6.07, 6.45) is 10.5. The molecule has 104 valence electrons. The lowest BCUT2D eigenvalue weighted by atomic mass is 10.2. The van der Waals surface area contributed by atoms with Crippen molar-refractivity contribution < 1.29 is 0 Å². The maximum Gasteiger partial charge on any atom is 0.224 e. The van der Waals surface area contributed by atoms with E-state index in [9.17, 15) is 0 Å². The lowest BCUT2D eigenvalue weighted by molar-refractivity contribution is 0.750. The van der Waals surface area contributed by atoms with Crippen LogP contribution in [0.5, 0.6) is 0 Å². The lowest BCUT2D eigenvalue weighted by Gasteiger charge is -2.13. The van der Waals surface area contributed by atoms with Crippen LogP contribution in [0.15, 0.2) is 36.8 Å². The van der Waals surface area contributed by atoms with Crippen molar-refractivity contribution in [3.05, 3.63) is 42.4 Å². The van der Waals surface area contributed by atoms with E-state index in [0.717, 1.165) is 11.4 Å². The Balaban J connectivity index is 1.59. The van der Waals surface area contributed by atoms with Gasteiger partial charge in [-0.25, -0.2) is 4.98 Å². The molecule has 20 heavy (non-hydrogen) atoms. The summed E-state index contributed by atoms with van der Waals surface area (Å²) < 4.78 is 0. The highest BCUT2D eigenvalue weighted by molar-refractivity contribution is 5.40. The number of anilines is 2. The Labute approximate surface area is 118 Å². The van der Waals surface area contributed by atoms with Crippen LogP contribution in [0.4, 0.5) is 11.8 Å². The highest BCUT2D eigenvalue weighted by atomic mass is 15.1. The van der Waals surface area contributed by atoms with Crippen molar-refractivity contribution in [2.75, 3.05) is 10.6 Å². The van der Waals surface area contributed by atoms with Gasteiger partial charge in [-0.15, -0.1) is 0 Å². The summed E-state index contributed by atoms with van der Waals surface area (Å²) in [7, 11) is 0. The smallest absolute Gasteiger partial charge is 0.224 e. The van der Waals surface area contributed by atoms with E-state index < -0.39 is 0 Å². The summed E-state index contributed by atoms with van der Waals surface area (Å²) in [5.74, 6) is 1.55. The molecule has 2 aromatic heterocycles. The molecule has 0 spiro atoms. The second-order valence-electron chi connectivity index (χ2n) is 5.11. The summed E-state index contributed by atoms with van der Waals surface area (Å²) in [6.45, 7) is 0.681. The molecule has 5 nitrogen and oxygen atoms in total. The first-order chi connectivity index (χ1) is 9.90. The fourth-order valence-electron chi connectivity index (χ4n) is 2.49. The Morgan fingerprint density at radius 3 is 2.85 bits per heavy atom. The SMILES string of the molecule is c1cncc(CNc2nccc(NC3CCCC3)n2)c1. The Morgan fingerprint density at radius 1 is 1.15 bits per heavy atom. The predicted octanol–water partition coefficient (Wildman–Crippen LogP) is 2.84. The molecule has 2 aromatic rings. The van der Waals surface area contributed by atoms with Gasteiger partial charge in [-0.3, -0.25) is 4.98 Å². The van der Waals surface area contributed by atoms with Crippen LogP contribution in [-0.2, 0) is 6.54 Å². The monoisotopic (exact) mass is 269 g/mol. The molecule has 0 aliphatic heterocycles. The molecule has 2 N–H and O–H groups in total. The minimum atomic E-state index is 0.566. The highest BCUT2D eigenvalue weighted by Gasteiger charge is 2.14. The maximum absolute atomic E-state index is 4.50. The van der Waals surface area contributed by atoms with E-state index in [1.807, 2.05) is 24.4 Å². The van der Waals surface area contributed by atoms with E-state index in [1.54, 1.807) is 12.4 Å². The number of pyridine rings is 1. The van der Waals surface area contributed by atoms with Crippen molar-refractivity contribution in [1.82, 2.24) is 15.0 Å². The van der Waals surface area contributed by atoms with E-state index in [4.69, 9.17) is 0 Å². The summed E-state index contributed by atoms with van der Waals surface area (Å²) in [5.41, 5.74) is 1.12. The van der Waals surface area contributed by atoms with Gasteiger partial charge in [0, 0.05) is 31.2 Å². The second-order valence-corrected chi connectivity index (χ2v) is 5.11. The molecule has 3 rings (SSSR count). The molecule has 1 saturated carbocycles. The maximum atomic E-state index is 4.50. The van der Waals surface area contributed by atoms with Crippen LogP contribution in [0.2, 0.25) is 0 Å². The van der Waals surface area contributed by atoms with Crippen molar-refractivity contribution in [1.29, 1.82) is 0 Å². The molecule has 5 heteroatoms. The van der Waals surface area contributed by atoms with E-state index in [1.165, 1.54) is 25.7 Å². The van der Waals surface area contributed by atoms with Crippen LogP contribution in [-0.4, -0.2) is 21.0 Å². The number of hydrogen-bond donors (Lipinski definition) is 2. The normalized spacial score (nSPS) is 15.2. The summed E-state index contributed by atoms with van der Waals surface area (Å²) >= 11 is 0. The Bertz CT molecular complexity index is 537. The zero-order valence-electron chi connectivity index (χ0n) is 11.4. The third kappa shape index (κ3) is 3.44. The van der Waals surface area contributed by atoms with Gasteiger partial charge in [-0.1, -0.05) is 18.9 Å². The fourth-order valence-corrected chi connectivity index (χ4v) is 2.49. The van der Waals surface area contributed by atoms with Crippen molar-refractivity contribution >= 4 is 11.8 Å². The molecule has 0 radical (unpaired) electrons. The van der Waals surface area contributed by atoms with E-state index >= 15 is 0 Å². The minimum absolute atomic E-state index is 0.566. The Hall–Kier alpha value is -2.17. The van der Waals surface area contributed by atoms with Crippen LogP contribution >= 0.6 is 0 Å². The summed E-state index contributed by atoms with van der Waals surface area (Å²) in [5, 5.41) is 6.70. The molecule has 0 atom stereocenters. The molecular formula is C15H19N5. The zero-order chi connectivity index (χ0) is 13.6.